The van der Waals surface area contributed by atoms with Gasteiger partial charge in [-0.05, 0) is 24.6 Å². The van der Waals surface area contributed by atoms with Gasteiger partial charge >= 0.3 is 0 Å². The molecule has 108 valence electrons. The van der Waals surface area contributed by atoms with Gasteiger partial charge in [0.1, 0.15) is 0 Å². The molecule has 7 heteroatoms. The highest BCUT2D eigenvalue weighted by Crippen LogP contribution is 2.15. The molecule has 1 aromatic heterocycles. The molecule has 1 unspecified atom stereocenters. The van der Waals surface area contributed by atoms with Gasteiger partial charge in [-0.25, -0.2) is 18.1 Å². The Morgan fingerprint density at radius 3 is 2.60 bits per heavy atom. The van der Waals surface area contributed by atoms with E-state index in [-0.39, 0.29) is 11.4 Å². The third kappa shape index (κ3) is 3.66. The lowest BCUT2D eigenvalue weighted by Gasteiger charge is -2.09. The molecule has 6 nitrogen and oxygen atoms in total. The van der Waals surface area contributed by atoms with Gasteiger partial charge in [0.25, 0.3) is 0 Å². The summed E-state index contributed by atoms with van der Waals surface area (Å²) in [5.41, 5.74) is 0.683. The number of rotatable bonds is 6. The highest BCUT2D eigenvalue weighted by molar-refractivity contribution is 7.89. The van der Waals surface area contributed by atoms with Crippen LogP contribution >= 0.6 is 0 Å². The first-order valence-electron chi connectivity index (χ1n) is 6.22. The van der Waals surface area contributed by atoms with E-state index in [4.69, 9.17) is 0 Å². The van der Waals surface area contributed by atoms with E-state index in [9.17, 15) is 13.5 Å². The molecule has 0 aliphatic rings. The van der Waals surface area contributed by atoms with Gasteiger partial charge in [0, 0.05) is 25.5 Å². The molecule has 0 saturated heterocycles. The van der Waals surface area contributed by atoms with E-state index in [1.54, 1.807) is 42.3 Å². The molecule has 0 saturated carbocycles. The van der Waals surface area contributed by atoms with Gasteiger partial charge in [0.2, 0.25) is 10.0 Å². The molecule has 0 radical (unpaired) electrons. The van der Waals surface area contributed by atoms with Gasteiger partial charge in [-0.1, -0.05) is 12.1 Å². The zero-order valence-electron chi connectivity index (χ0n) is 11.1. The van der Waals surface area contributed by atoms with Crippen molar-refractivity contribution in [3.05, 3.63) is 48.5 Å². The molecule has 2 rings (SSSR count). The van der Waals surface area contributed by atoms with Crippen LogP contribution in [-0.4, -0.2) is 29.6 Å². The summed E-state index contributed by atoms with van der Waals surface area (Å²) in [5.74, 6) is 0. The number of nitrogens with zero attached hydrogens (tertiary/aromatic N) is 2. The summed E-state index contributed by atoms with van der Waals surface area (Å²) in [7, 11) is -3.52. The lowest BCUT2D eigenvalue weighted by atomic mass is 10.1. The Balaban J connectivity index is 1.99. The molecular formula is C13H17N3O3S. The average Bonchev–Trinajstić information content (AvgIpc) is 2.92. The number of hydrogen-bond acceptors (Lipinski definition) is 4. The molecule has 0 aliphatic carbocycles. The summed E-state index contributed by atoms with van der Waals surface area (Å²) in [4.78, 5) is 4.07. The fourth-order valence-corrected chi connectivity index (χ4v) is 2.76. The minimum absolute atomic E-state index is 0.188. The molecule has 1 atom stereocenters. The van der Waals surface area contributed by atoms with Crippen molar-refractivity contribution in [2.24, 2.45) is 0 Å². The van der Waals surface area contributed by atoms with E-state index in [1.807, 2.05) is 0 Å². The number of aliphatic hydroxyl groups is 1. The first-order chi connectivity index (χ1) is 9.49. The summed E-state index contributed by atoms with van der Waals surface area (Å²) >= 11 is 0. The van der Waals surface area contributed by atoms with Crippen molar-refractivity contribution in [1.29, 1.82) is 0 Å². The second kappa shape index (κ2) is 6.17. The molecule has 0 fully saturated rings. The zero-order valence-corrected chi connectivity index (χ0v) is 11.9. The lowest BCUT2D eigenvalue weighted by Crippen LogP contribution is -2.27. The maximum absolute atomic E-state index is 12.0. The fraction of sp³-hybridized carbons (Fsp3) is 0.308. The second-order valence-corrected chi connectivity index (χ2v) is 6.21. The Kier molecular flexibility index (Phi) is 4.53. The molecule has 2 aromatic rings. The van der Waals surface area contributed by atoms with Crippen LogP contribution in [0.25, 0.3) is 0 Å². The van der Waals surface area contributed by atoms with E-state index in [0.717, 1.165) is 0 Å². The van der Waals surface area contributed by atoms with E-state index in [2.05, 4.69) is 9.71 Å². The largest absolute Gasteiger partial charge is 0.389 e. The zero-order chi connectivity index (χ0) is 14.6. The fourth-order valence-electron chi connectivity index (χ4n) is 1.74. The Morgan fingerprint density at radius 2 is 2.05 bits per heavy atom. The molecule has 0 spiro atoms. The normalized spacial score (nSPS) is 13.3. The predicted octanol–water partition coefficient (Wildman–Crippen LogP) is 0.915. The topological polar surface area (TPSA) is 84.2 Å². The summed E-state index contributed by atoms with van der Waals surface area (Å²) in [5, 5.41) is 9.39. The van der Waals surface area contributed by atoms with Crippen LogP contribution in [0.1, 0.15) is 18.6 Å². The van der Waals surface area contributed by atoms with Crippen molar-refractivity contribution in [3.63, 3.8) is 0 Å². The van der Waals surface area contributed by atoms with Crippen LogP contribution in [0, 0.1) is 0 Å². The summed E-state index contributed by atoms with van der Waals surface area (Å²) in [6.07, 6.45) is 4.43. The van der Waals surface area contributed by atoms with Gasteiger partial charge in [-0.15, -0.1) is 0 Å². The van der Waals surface area contributed by atoms with Crippen molar-refractivity contribution in [2.75, 3.05) is 6.54 Å². The maximum Gasteiger partial charge on any atom is 0.240 e. The quantitative estimate of drug-likeness (QED) is 0.830. The minimum atomic E-state index is -3.52. The number of hydrogen-bond donors (Lipinski definition) is 2. The van der Waals surface area contributed by atoms with Crippen molar-refractivity contribution >= 4 is 10.0 Å². The third-order valence-corrected chi connectivity index (χ3v) is 4.37. The van der Waals surface area contributed by atoms with Gasteiger partial charge in [0.15, 0.2) is 0 Å². The van der Waals surface area contributed by atoms with E-state index in [0.29, 0.717) is 12.1 Å². The summed E-state index contributed by atoms with van der Waals surface area (Å²) < 4.78 is 28.4. The standard InChI is InChI=1S/C13H17N3O3S/c1-11(17)12-2-4-13(5-3-12)20(18,19)15-7-9-16-8-6-14-10-16/h2-6,8,10-11,15,17H,7,9H2,1H3. The van der Waals surface area contributed by atoms with E-state index in [1.165, 1.54) is 12.1 Å². The van der Waals surface area contributed by atoms with Crippen LogP contribution in [0.2, 0.25) is 0 Å². The number of nitrogens with one attached hydrogen (secondary N) is 1. The molecule has 1 aromatic carbocycles. The van der Waals surface area contributed by atoms with Crippen molar-refractivity contribution < 1.29 is 13.5 Å². The van der Waals surface area contributed by atoms with Crippen molar-refractivity contribution in [2.45, 2.75) is 24.5 Å². The lowest BCUT2D eigenvalue weighted by molar-refractivity contribution is 0.199. The predicted molar refractivity (Wildman–Crippen MR) is 74.5 cm³/mol. The second-order valence-electron chi connectivity index (χ2n) is 4.44. The molecule has 2 N–H and O–H groups in total. The number of sulfonamides is 1. The van der Waals surface area contributed by atoms with E-state index >= 15 is 0 Å². The average molecular weight is 295 g/mol. The summed E-state index contributed by atoms with van der Waals surface area (Å²) in [6.45, 7) is 2.44. The Labute approximate surface area is 118 Å². The number of imidazole rings is 1. The minimum Gasteiger partial charge on any atom is -0.389 e. The highest BCUT2D eigenvalue weighted by atomic mass is 32.2. The molecule has 20 heavy (non-hydrogen) atoms. The number of benzene rings is 1. The van der Waals surface area contributed by atoms with Gasteiger partial charge in [0.05, 0.1) is 17.3 Å². The SMILES string of the molecule is CC(O)c1ccc(S(=O)(=O)NCCn2ccnc2)cc1. The van der Waals surface area contributed by atoms with Crippen LogP contribution < -0.4 is 4.72 Å². The van der Waals surface area contributed by atoms with Gasteiger partial charge in [-0.2, -0.15) is 0 Å². The molecule has 1 heterocycles. The van der Waals surface area contributed by atoms with Crippen molar-refractivity contribution in [3.8, 4) is 0 Å². The first-order valence-corrected chi connectivity index (χ1v) is 7.71. The van der Waals surface area contributed by atoms with Crippen LogP contribution in [0.5, 0.6) is 0 Å². The molecule has 0 aliphatic heterocycles. The third-order valence-electron chi connectivity index (χ3n) is 2.89. The van der Waals surface area contributed by atoms with Crippen LogP contribution in [0.15, 0.2) is 47.9 Å². The van der Waals surface area contributed by atoms with Crippen LogP contribution in [0.4, 0.5) is 0 Å². The first kappa shape index (κ1) is 14.7. The Morgan fingerprint density at radius 1 is 1.35 bits per heavy atom. The maximum atomic E-state index is 12.0. The highest BCUT2D eigenvalue weighted by Gasteiger charge is 2.13. The van der Waals surface area contributed by atoms with Crippen LogP contribution in [0.3, 0.4) is 0 Å². The monoisotopic (exact) mass is 295 g/mol. The number of aliphatic hydroxyl groups excluding tert-OH is 1. The molecule has 0 bridgehead atoms. The van der Waals surface area contributed by atoms with Crippen LogP contribution in [-0.2, 0) is 16.6 Å². The summed E-state index contributed by atoms with van der Waals surface area (Å²) in [6, 6.07) is 6.19. The van der Waals surface area contributed by atoms with Gasteiger partial charge in [-0.3, -0.25) is 0 Å². The van der Waals surface area contributed by atoms with Crippen molar-refractivity contribution in [1.82, 2.24) is 14.3 Å². The molecule has 0 amide bonds. The Hall–Kier alpha value is -1.70. The Bertz CT molecular complexity index is 634. The molecular weight excluding hydrogens is 278 g/mol. The van der Waals surface area contributed by atoms with Gasteiger partial charge < -0.3 is 9.67 Å². The smallest absolute Gasteiger partial charge is 0.240 e. The number of aromatic nitrogens is 2. The van der Waals surface area contributed by atoms with E-state index < -0.39 is 16.1 Å².